The van der Waals surface area contributed by atoms with Crippen LogP contribution in [-0.2, 0) is 13.6 Å². The van der Waals surface area contributed by atoms with Crippen molar-refractivity contribution < 1.29 is 4.79 Å². The molecule has 3 rings (SSSR count). The number of nitrogens with one attached hydrogen (secondary N) is 2. The van der Waals surface area contributed by atoms with E-state index in [0.29, 0.717) is 6.54 Å². The molecule has 3 aromatic rings. The Hall–Kier alpha value is -2.55. The largest absolute Gasteiger partial charge is 0.337 e. The van der Waals surface area contributed by atoms with Gasteiger partial charge < -0.3 is 15.2 Å². The van der Waals surface area contributed by atoms with Crippen molar-refractivity contribution in [1.82, 2.24) is 29.9 Å². The Kier molecular flexibility index (Phi) is 5.22. The van der Waals surface area contributed by atoms with Crippen LogP contribution in [-0.4, -0.2) is 42.9 Å². The van der Waals surface area contributed by atoms with Crippen molar-refractivity contribution in [3.05, 3.63) is 30.2 Å². The molecule has 0 aliphatic heterocycles. The third-order valence-electron chi connectivity index (χ3n) is 3.84. The van der Waals surface area contributed by atoms with Crippen molar-refractivity contribution in [2.24, 2.45) is 7.05 Å². The third kappa shape index (κ3) is 3.93. The molecule has 2 amide bonds. The van der Waals surface area contributed by atoms with Gasteiger partial charge in [0.15, 0.2) is 5.16 Å². The Bertz CT molecular complexity index is 886. The minimum absolute atomic E-state index is 0.227. The van der Waals surface area contributed by atoms with Gasteiger partial charge in [-0.05, 0) is 32.0 Å². The van der Waals surface area contributed by atoms with Gasteiger partial charge in [0.25, 0.3) is 0 Å². The first-order valence-electron chi connectivity index (χ1n) is 8.07. The maximum absolute atomic E-state index is 12.0. The van der Waals surface area contributed by atoms with E-state index in [2.05, 4.69) is 32.9 Å². The predicted molar refractivity (Wildman–Crippen MR) is 98.9 cm³/mol. The zero-order valence-electron chi connectivity index (χ0n) is 14.5. The van der Waals surface area contributed by atoms with Crippen molar-refractivity contribution in [3.63, 3.8) is 0 Å². The number of nitrogens with zero attached hydrogens (tertiary/aromatic N) is 5. The average Bonchev–Trinajstić information content (AvgIpc) is 3.14. The Morgan fingerprint density at radius 3 is 2.96 bits per heavy atom. The van der Waals surface area contributed by atoms with Gasteiger partial charge in [-0.3, -0.25) is 4.68 Å². The zero-order chi connectivity index (χ0) is 17.8. The summed E-state index contributed by atoms with van der Waals surface area (Å²) in [6, 6.07) is 5.48. The van der Waals surface area contributed by atoms with Crippen molar-refractivity contribution >= 4 is 34.4 Å². The van der Waals surface area contributed by atoms with E-state index in [1.165, 1.54) is 0 Å². The third-order valence-corrected chi connectivity index (χ3v) is 4.81. The fourth-order valence-electron chi connectivity index (χ4n) is 2.54. The molecule has 8 nitrogen and oxygen atoms in total. The molecule has 0 atom stereocenters. The van der Waals surface area contributed by atoms with Gasteiger partial charge in [0.1, 0.15) is 5.82 Å². The predicted octanol–water partition coefficient (Wildman–Crippen LogP) is 2.41. The molecule has 25 heavy (non-hydrogen) atoms. The molecule has 0 aliphatic carbocycles. The first-order chi connectivity index (χ1) is 12.1. The van der Waals surface area contributed by atoms with E-state index in [0.717, 1.165) is 39.9 Å². The first kappa shape index (κ1) is 17.3. The number of aromatic nitrogens is 5. The van der Waals surface area contributed by atoms with E-state index in [4.69, 9.17) is 0 Å². The number of anilines is 1. The summed E-state index contributed by atoms with van der Waals surface area (Å²) in [6.45, 7) is 5.38. The number of hydrogen-bond acceptors (Lipinski definition) is 5. The number of fused-ring (bicyclic) bond motifs is 1. The van der Waals surface area contributed by atoms with Crippen LogP contribution in [0.2, 0.25) is 0 Å². The topological polar surface area (TPSA) is 89.7 Å². The van der Waals surface area contributed by atoms with Gasteiger partial charge in [0.2, 0.25) is 0 Å². The van der Waals surface area contributed by atoms with E-state index >= 15 is 0 Å². The van der Waals surface area contributed by atoms with E-state index in [1.54, 1.807) is 22.6 Å². The second kappa shape index (κ2) is 7.56. The van der Waals surface area contributed by atoms with Crippen LogP contribution in [0.4, 0.5) is 10.5 Å². The quantitative estimate of drug-likeness (QED) is 0.521. The lowest BCUT2D eigenvalue weighted by molar-refractivity contribution is 0.252. The van der Waals surface area contributed by atoms with E-state index in [-0.39, 0.29) is 6.03 Å². The van der Waals surface area contributed by atoms with Crippen molar-refractivity contribution in [1.29, 1.82) is 0 Å². The highest BCUT2D eigenvalue weighted by Crippen LogP contribution is 2.18. The molecule has 0 bridgehead atoms. The molecule has 0 radical (unpaired) electrons. The number of carbonyl (C=O) groups is 1. The molecule has 0 saturated heterocycles. The second-order valence-electron chi connectivity index (χ2n) is 5.55. The molecule has 0 aliphatic rings. The van der Waals surface area contributed by atoms with Crippen LogP contribution in [0.25, 0.3) is 10.9 Å². The molecule has 0 saturated carbocycles. The van der Waals surface area contributed by atoms with Crippen molar-refractivity contribution in [3.8, 4) is 0 Å². The molecule has 0 unspecified atom stereocenters. The molecule has 0 fully saturated rings. The second-order valence-corrected chi connectivity index (χ2v) is 6.61. The molecular formula is C16H21N7OS. The summed E-state index contributed by atoms with van der Waals surface area (Å²) in [5.41, 5.74) is 1.71. The Morgan fingerprint density at radius 1 is 1.32 bits per heavy atom. The number of hydrogen-bond donors (Lipinski definition) is 2. The molecule has 0 spiro atoms. The molecule has 2 aromatic heterocycles. The Balaban J connectivity index is 1.48. The van der Waals surface area contributed by atoms with Crippen molar-refractivity contribution in [2.75, 3.05) is 17.6 Å². The summed E-state index contributed by atoms with van der Waals surface area (Å²) in [5, 5.41) is 20.0. The summed E-state index contributed by atoms with van der Waals surface area (Å²) in [4.78, 5) is 12.0. The van der Waals surface area contributed by atoms with Crippen LogP contribution >= 0.6 is 11.8 Å². The molecule has 2 N–H and O–H groups in total. The van der Waals surface area contributed by atoms with Gasteiger partial charge in [-0.1, -0.05) is 11.8 Å². The highest BCUT2D eigenvalue weighted by atomic mass is 32.2. The number of benzene rings is 1. The molecule has 9 heteroatoms. The number of rotatable bonds is 6. The summed E-state index contributed by atoms with van der Waals surface area (Å²) in [6.07, 6.45) is 1.80. The van der Waals surface area contributed by atoms with Gasteiger partial charge in [-0.25, -0.2) is 4.79 Å². The van der Waals surface area contributed by atoms with Crippen LogP contribution in [0.15, 0.2) is 29.6 Å². The highest BCUT2D eigenvalue weighted by molar-refractivity contribution is 7.99. The highest BCUT2D eigenvalue weighted by Gasteiger charge is 2.08. The minimum Gasteiger partial charge on any atom is -0.337 e. The summed E-state index contributed by atoms with van der Waals surface area (Å²) >= 11 is 1.58. The van der Waals surface area contributed by atoms with E-state index in [9.17, 15) is 4.79 Å². The van der Waals surface area contributed by atoms with E-state index < -0.39 is 0 Å². The number of urea groups is 1. The van der Waals surface area contributed by atoms with Gasteiger partial charge in [-0.15, -0.1) is 10.2 Å². The molecular weight excluding hydrogens is 338 g/mol. The Morgan fingerprint density at radius 2 is 2.16 bits per heavy atom. The molecule has 132 valence electrons. The van der Waals surface area contributed by atoms with Crippen LogP contribution in [0.1, 0.15) is 12.7 Å². The van der Waals surface area contributed by atoms with E-state index in [1.807, 2.05) is 36.7 Å². The van der Waals surface area contributed by atoms with Crippen LogP contribution in [0, 0.1) is 6.92 Å². The number of aryl methyl sites for hydroxylation is 2. The van der Waals surface area contributed by atoms with Crippen LogP contribution in [0.5, 0.6) is 0 Å². The lowest BCUT2D eigenvalue weighted by Gasteiger charge is -2.08. The zero-order valence-corrected chi connectivity index (χ0v) is 15.3. The summed E-state index contributed by atoms with van der Waals surface area (Å²) in [5.74, 6) is 1.63. The monoisotopic (exact) mass is 359 g/mol. The molecule has 2 heterocycles. The van der Waals surface area contributed by atoms with Crippen LogP contribution < -0.4 is 10.6 Å². The maximum atomic E-state index is 12.0. The average molecular weight is 359 g/mol. The summed E-state index contributed by atoms with van der Waals surface area (Å²) < 4.78 is 3.83. The summed E-state index contributed by atoms with van der Waals surface area (Å²) in [7, 11) is 1.88. The van der Waals surface area contributed by atoms with Gasteiger partial charge >= 0.3 is 6.03 Å². The smallest absolute Gasteiger partial charge is 0.319 e. The maximum Gasteiger partial charge on any atom is 0.319 e. The minimum atomic E-state index is -0.227. The number of thioether (sulfide) groups is 1. The molecule has 1 aromatic carbocycles. The Labute approximate surface area is 150 Å². The van der Waals surface area contributed by atoms with Gasteiger partial charge in [0, 0.05) is 37.0 Å². The lowest BCUT2D eigenvalue weighted by Crippen LogP contribution is -2.30. The van der Waals surface area contributed by atoms with Crippen molar-refractivity contribution in [2.45, 2.75) is 25.5 Å². The SMILES string of the molecule is CCn1c(C)nnc1SCCNC(=O)Nc1ccc2cnn(C)c2c1. The first-order valence-corrected chi connectivity index (χ1v) is 9.06. The lowest BCUT2D eigenvalue weighted by atomic mass is 10.2. The van der Waals surface area contributed by atoms with Gasteiger partial charge in [0.05, 0.1) is 11.7 Å². The fourth-order valence-corrected chi connectivity index (χ4v) is 3.44. The number of carbonyl (C=O) groups excluding carboxylic acids is 1. The van der Waals surface area contributed by atoms with Crippen LogP contribution in [0.3, 0.4) is 0 Å². The van der Waals surface area contributed by atoms with Gasteiger partial charge in [-0.2, -0.15) is 5.10 Å². The fraction of sp³-hybridized carbons (Fsp3) is 0.375. The standard InChI is InChI=1S/C16H21N7OS/c1-4-23-11(2)20-21-16(23)25-8-7-17-15(24)19-13-6-5-12-10-18-22(3)14(12)9-13/h5-6,9-10H,4,7-8H2,1-3H3,(H2,17,19,24). The normalized spacial score (nSPS) is 11.0. The number of amides is 2.